The topological polar surface area (TPSA) is 175 Å². The van der Waals surface area contributed by atoms with Crippen molar-refractivity contribution in [3.05, 3.63) is 47.5 Å². The first-order valence-corrected chi connectivity index (χ1v) is 15.6. The van der Waals surface area contributed by atoms with E-state index in [-0.39, 0.29) is 48.7 Å². The summed E-state index contributed by atoms with van der Waals surface area (Å²) in [5.41, 5.74) is 1.85. The minimum absolute atomic E-state index is 0.0828. The summed E-state index contributed by atoms with van der Waals surface area (Å²) in [6.07, 6.45) is -0.147. The van der Waals surface area contributed by atoms with E-state index < -0.39 is 12.2 Å². The minimum atomic E-state index is -0.670. The molecule has 2 rings (SSSR count). The lowest BCUT2D eigenvalue weighted by Crippen LogP contribution is -2.35. The molecule has 0 saturated heterocycles. The molecule has 0 aromatic heterocycles. The lowest BCUT2D eigenvalue weighted by molar-refractivity contribution is -0.116. The number of ketones is 2. The molecule has 0 saturated carbocycles. The standard InChI is InChI=1S/C18H28N2O4.C16H24N2O4/c1-5-6-18(23)20-14-7-8-17(16(9-14)13(4)21)24-11-15(22)10-19-12(2)3;1-10(2)17-8-14(21)9-22-16-6-5-13(18-12(4)20)7-15(16)11(3)19/h7-9,12,15,19,22H,5-6,10-11H2,1-4H3,(H,20,23);5-7,10,14,17,21H,8-9H2,1-4H3,(H,18,20). The Labute approximate surface area is 272 Å². The van der Waals surface area contributed by atoms with Crippen LogP contribution in [0.5, 0.6) is 11.5 Å². The number of rotatable bonds is 18. The zero-order valence-electron chi connectivity index (χ0n) is 28.4. The fourth-order valence-electron chi connectivity index (χ4n) is 3.90. The van der Waals surface area contributed by atoms with E-state index in [1.807, 2.05) is 34.6 Å². The fraction of sp³-hybridized carbons (Fsp3) is 0.529. The molecule has 0 aliphatic heterocycles. The van der Waals surface area contributed by atoms with Crippen LogP contribution in [-0.4, -0.2) is 84.2 Å². The Kier molecular flexibility index (Phi) is 18.4. The maximum atomic E-state index is 11.8. The van der Waals surface area contributed by atoms with E-state index in [9.17, 15) is 29.4 Å². The molecule has 2 amide bonds. The van der Waals surface area contributed by atoms with Crippen molar-refractivity contribution < 1.29 is 38.9 Å². The van der Waals surface area contributed by atoms with Crippen LogP contribution < -0.4 is 30.7 Å². The van der Waals surface area contributed by atoms with Gasteiger partial charge in [-0.25, -0.2) is 0 Å². The number of benzene rings is 2. The van der Waals surface area contributed by atoms with Crippen LogP contribution in [0.4, 0.5) is 11.4 Å². The van der Waals surface area contributed by atoms with Crippen molar-refractivity contribution in [2.45, 2.75) is 92.5 Å². The van der Waals surface area contributed by atoms with Gasteiger partial charge in [-0.3, -0.25) is 19.2 Å². The first-order valence-electron chi connectivity index (χ1n) is 15.6. The Bertz CT molecular complexity index is 1280. The zero-order valence-corrected chi connectivity index (χ0v) is 28.4. The molecule has 0 spiro atoms. The van der Waals surface area contributed by atoms with E-state index in [2.05, 4.69) is 21.3 Å². The molecule has 2 aromatic carbocycles. The maximum Gasteiger partial charge on any atom is 0.224 e. The van der Waals surface area contributed by atoms with Gasteiger partial charge < -0.3 is 41.0 Å². The molecule has 0 bridgehead atoms. The van der Waals surface area contributed by atoms with E-state index >= 15 is 0 Å². The highest BCUT2D eigenvalue weighted by Crippen LogP contribution is 2.25. The zero-order chi connectivity index (χ0) is 34.8. The molecule has 46 heavy (non-hydrogen) atoms. The van der Waals surface area contributed by atoms with Gasteiger partial charge in [0.25, 0.3) is 0 Å². The summed E-state index contributed by atoms with van der Waals surface area (Å²) >= 11 is 0. The third kappa shape index (κ3) is 16.5. The van der Waals surface area contributed by atoms with Crippen molar-refractivity contribution in [2.75, 3.05) is 36.9 Å². The maximum absolute atomic E-state index is 11.8. The average molecular weight is 645 g/mol. The van der Waals surface area contributed by atoms with Gasteiger partial charge in [-0.2, -0.15) is 0 Å². The van der Waals surface area contributed by atoms with Crippen molar-refractivity contribution in [1.82, 2.24) is 10.6 Å². The molecule has 12 nitrogen and oxygen atoms in total. The Morgan fingerprint density at radius 1 is 0.696 bits per heavy atom. The molecule has 12 heteroatoms. The highest BCUT2D eigenvalue weighted by atomic mass is 16.5. The second kappa shape index (κ2) is 21.0. The molecule has 256 valence electrons. The van der Waals surface area contributed by atoms with Crippen LogP contribution in [0.15, 0.2) is 36.4 Å². The van der Waals surface area contributed by atoms with Crippen LogP contribution in [0.3, 0.4) is 0 Å². The SMILES string of the molecule is CC(=O)Nc1ccc(OCC(O)CNC(C)C)c(C(C)=O)c1.CCCC(=O)Nc1ccc(OCC(O)CNC(C)C)c(C(C)=O)c1. The molecule has 0 heterocycles. The minimum Gasteiger partial charge on any atom is -0.490 e. The Morgan fingerprint density at radius 3 is 1.46 bits per heavy atom. The Balaban J connectivity index is 0.000000462. The third-order valence-corrected chi connectivity index (χ3v) is 6.18. The summed E-state index contributed by atoms with van der Waals surface area (Å²) in [5, 5.41) is 31.3. The third-order valence-electron chi connectivity index (χ3n) is 6.18. The van der Waals surface area contributed by atoms with Crippen molar-refractivity contribution >= 4 is 34.8 Å². The normalized spacial score (nSPS) is 12.1. The van der Waals surface area contributed by atoms with Crippen LogP contribution in [0.2, 0.25) is 0 Å². The lowest BCUT2D eigenvalue weighted by atomic mass is 10.1. The molecular weight excluding hydrogens is 592 g/mol. The number of aliphatic hydroxyl groups excluding tert-OH is 2. The molecule has 2 aromatic rings. The van der Waals surface area contributed by atoms with Crippen LogP contribution in [-0.2, 0) is 9.59 Å². The van der Waals surface area contributed by atoms with E-state index in [0.717, 1.165) is 6.42 Å². The van der Waals surface area contributed by atoms with Gasteiger partial charge in [0.1, 0.15) is 36.9 Å². The van der Waals surface area contributed by atoms with Gasteiger partial charge in [-0.15, -0.1) is 0 Å². The molecular formula is C34H52N4O8. The molecule has 2 unspecified atom stereocenters. The van der Waals surface area contributed by atoms with Gasteiger partial charge in [0.15, 0.2) is 11.6 Å². The van der Waals surface area contributed by atoms with Crippen LogP contribution >= 0.6 is 0 Å². The predicted molar refractivity (Wildman–Crippen MR) is 180 cm³/mol. The predicted octanol–water partition coefficient (Wildman–Crippen LogP) is 3.95. The summed E-state index contributed by atoms with van der Waals surface area (Å²) in [7, 11) is 0. The molecule has 6 N–H and O–H groups in total. The average Bonchev–Trinajstić information content (AvgIpc) is 2.97. The van der Waals surface area contributed by atoms with Crippen molar-refractivity contribution in [1.29, 1.82) is 0 Å². The summed E-state index contributed by atoms with van der Waals surface area (Å²) in [4.78, 5) is 46.2. The number of carbonyl (C=O) groups is 4. The molecule has 0 radical (unpaired) electrons. The van der Waals surface area contributed by atoms with Crippen molar-refractivity contribution in [3.63, 3.8) is 0 Å². The van der Waals surface area contributed by atoms with E-state index in [4.69, 9.17) is 9.47 Å². The second-order valence-electron chi connectivity index (χ2n) is 11.6. The van der Waals surface area contributed by atoms with Gasteiger partial charge in [0, 0.05) is 49.9 Å². The highest BCUT2D eigenvalue weighted by Gasteiger charge is 2.15. The number of Topliss-reactive ketones (excluding diaryl/α,β-unsaturated/α-hetero) is 2. The monoisotopic (exact) mass is 644 g/mol. The summed E-state index contributed by atoms with van der Waals surface area (Å²) in [5.74, 6) is 0.169. The smallest absolute Gasteiger partial charge is 0.224 e. The molecule has 2 atom stereocenters. The van der Waals surface area contributed by atoms with E-state index in [0.29, 0.717) is 53.5 Å². The molecule has 0 aliphatic carbocycles. The van der Waals surface area contributed by atoms with Crippen LogP contribution in [0, 0.1) is 0 Å². The second-order valence-corrected chi connectivity index (χ2v) is 11.6. The van der Waals surface area contributed by atoms with Gasteiger partial charge >= 0.3 is 0 Å². The Morgan fingerprint density at radius 2 is 1.11 bits per heavy atom. The summed E-state index contributed by atoms with van der Waals surface area (Å²) < 4.78 is 11.1. The number of aliphatic hydroxyl groups is 2. The van der Waals surface area contributed by atoms with Gasteiger partial charge in [0.2, 0.25) is 11.8 Å². The lowest BCUT2D eigenvalue weighted by Gasteiger charge is -2.17. The highest BCUT2D eigenvalue weighted by molar-refractivity contribution is 6.00. The largest absolute Gasteiger partial charge is 0.490 e. The summed E-state index contributed by atoms with van der Waals surface area (Å²) in [6, 6.07) is 10.3. The number of ether oxygens (including phenoxy) is 2. The van der Waals surface area contributed by atoms with Crippen molar-refractivity contribution in [2.24, 2.45) is 0 Å². The number of amides is 2. The number of anilines is 2. The Hall–Kier alpha value is -3.84. The van der Waals surface area contributed by atoms with Crippen LogP contribution in [0.1, 0.15) is 88.9 Å². The first-order chi connectivity index (χ1) is 21.6. The molecule has 0 fully saturated rings. The van der Waals surface area contributed by atoms with Crippen molar-refractivity contribution in [3.8, 4) is 11.5 Å². The van der Waals surface area contributed by atoms with E-state index in [1.54, 1.807) is 36.4 Å². The van der Waals surface area contributed by atoms with Crippen LogP contribution in [0.25, 0.3) is 0 Å². The quantitative estimate of drug-likeness (QED) is 0.130. The number of hydrogen-bond acceptors (Lipinski definition) is 10. The fourth-order valence-corrected chi connectivity index (χ4v) is 3.90. The number of hydrogen-bond donors (Lipinski definition) is 6. The summed E-state index contributed by atoms with van der Waals surface area (Å²) in [6.45, 7) is 15.2. The first kappa shape index (κ1) is 40.2. The number of carbonyl (C=O) groups excluding carboxylic acids is 4. The van der Waals surface area contributed by atoms with Gasteiger partial charge in [-0.1, -0.05) is 34.6 Å². The number of nitrogens with one attached hydrogen (secondary N) is 4. The van der Waals surface area contributed by atoms with Gasteiger partial charge in [0.05, 0.1) is 11.1 Å². The van der Waals surface area contributed by atoms with E-state index in [1.165, 1.54) is 20.8 Å². The molecule has 0 aliphatic rings. The van der Waals surface area contributed by atoms with Gasteiger partial charge in [-0.05, 0) is 56.7 Å².